The van der Waals surface area contributed by atoms with Crippen molar-refractivity contribution < 1.29 is 21.5 Å². The van der Waals surface area contributed by atoms with Gasteiger partial charge >= 0.3 is 35.6 Å². The molecule has 0 atom stereocenters. The van der Waals surface area contributed by atoms with E-state index in [0.29, 0.717) is 0 Å². The van der Waals surface area contributed by atoms with Crippen LogP contribution >= 0.6 is 18.6 Å². The summed E-state index contributed by atoms with van der Waals surface area (Å²) in [4.78, 5) is 0. The monoisotopic (exact) mass is 479 g/mol. The standard InChI is InChI=1S/C9H7.C7H18OSi2.C4H10N.2ClH.Ti/c1-2-5-9-7-3-6-8(9)4-1;1-9-7-5-6-8-10(2,3)4;1-4(2,3)5;;;/h1-7H;5-7H2,1-4H3;5H,1-3H3;2*1H;/q-1;;-1;;;+2/p-2. The molecule has 0 spiro atoms. The van der Waals surface area contributed by atoms with Crippen LogP contribution in [0.25, 0.3) is 16.5 Å². The van der Waals surface area contributed by atoms with E-state index >= 15 is 0 Å². The maximum atomic E-state index is 6.94. The Bertz CT molecular complexity index is 533. The predicted octanol–water partition coefficient (Wildman–Crippen LogP) is 8.17. The summed E-state index contributed by atoms with van der Waals surface area (Å²) in [7, 11) is 9.66. The van der Waals surface area contributed by atoms with Crippen LogP contribution in [0.15, 0.2) is 42.5 Å². The fourth-order valence-corrected chi connectivity index (χ4v) is 2.95. The molecule has 0 amide bonds. The van der Waals surface area contributed by atoms with E-state index < -0.39 is 25.3 Å². The number of hydrogen-bond acceptors (Lipinski definition) is 1. The molecule has 2 rings (SSSR count). The van der Waals surface area contributed by atoms with Gasteiger partial charge in [-0.15, -0.1) is 35.2 Å². The average molecular weight is 480 g/mol. The van der Waals surface area contributed by atoms with Crippen LogP contribution in [0.5, 0.6) is 0 Å². The molecule has 0 aliphatic rings. The molecule has 2 nitrogen and oxygen atoms in total. The second-order valence-electron chi connectivity index (χ2n) is 7.89. The Morgan fingerprint density at radius 2 is 1.67 bits per heavy atom. The molecule has 0 heterocycles. The molecule has 0 aromatic heterocycles. The van der Waals surface area contributed by atoms with Crippen LogP contribution in [0.1, 0.15) is 27.2 Å². The van der Waals surface area contributed by atoms with Gasteiger partial charge in [-0.3, -0.25) is 0 Å². The van der Waals surface area contributed by atoms with E-state index in [2.05, 4.69) is 68.7 Å². The van der Waals surface area contributed by atoms with Crippen molar-refractivity contribution in [1.29, 1.82) is 0 Å². The van der Waals surface area contributed by atoms with Gasteiger partial charge in [-0.25, -0.2) is 0 Å². The molecule has 0 saturated carbocycles. The van der Waals surface area contributed by atoms with Gasteiger partial charge < -0.3 is 10.2 Å². The van der Waals surface area contributed by atoms with Crippen molar-refractivity contribution in [2.45, 2.75) is 65.0 Å². The van der Waals surface area contributed by atoms with Gasteiger partial charge in [-0.1, -0.05) is 39.4 Å². The van der Waals surface area contributed by atoms with Gasteiger partial charge in [0.25, 0.3) is 0 Å². The zero-order valence-electron chi connectivity index (χ0n) is 17.8. The van der Waals surface area contributed by atoms with Crippen molar-refractivity contribution in [3.63, 3.8) is 0 Å². The normalized spacial score (nSPS) is 10.6. The SMILES string of the molecule is CC(C)(C)[NH-].C[Si]CCCO[Si](C)(C)C.[Cl][Ti][Cl].c1ccc2[cH-]ccc2c1. The summed E-state index contributed by atoms with van der Waals surface area (Å²) in [6.45, 7) is 15.5. The zero-order valence-corrected chi connectivity index (χ0v) is 22.9. The Labute approximate surface area is 187 Å². The minimum absolute atomic E-state index is 0.250. The molecule has 0 saturated heterocycles. The number of benzene rings is 1. The molecule has 0 unspecified atom stereocenters. The number of halogens is 2. The number of rotatable bonds is 5. The molecule has 27 heavy (non-hydrogen) atoms. The Morgan fingerprint density at radius 3 is 2.11 bits per heavy atom. The summed E-state index contributed by atoms with van der Waals surface area (Å²) in [5, 5.41) is 2.66. The smallest absolute Gasteiger partial charge is 0.0809 e. The second-order valence-corrected chi connectivity index (χ2v) is 16.2. The maximum absolute atomic E-state index is 6.94. The number of fused-ring (bicyclic) bond motifs is 1. The summed E-state index contributed by atoms with van der Waals surface area (Å²) in [6, 6.07) is 16.0. The van der Waals surface area contributed by atoms with Gasteiger partial charge in [-0.2, -0.15) is 17.5 Å². The first-order chi connectivity index (χ1) is 12.4. The predicted molar refractivity (Wildman–Crippen MR) is 126 cm³/mol. The van der Waals surface area contributed by atoms with Gasteiger partial charge in [0.15, 0.2) is 8.32 Å². The average Bonchev–Trinajstić information content (AvgIpc) is 2.99. The third kappa shape index (κ3) is 26.5. The van der Waals surface area contributed by atoms with E-state index in [9.17, 15) is 0 Å². The molecule has 1 N–H and O–H groups in total. The van der Waals surface area contributed by atoms with Gasteiger partial charge in [-0.05, 0) is 26.1 Å². The molecule has 2 radical (unpaired) electrons. The quantitative estimate of drug-likeness (QED) is 0.241. The first-order valence-corrected chi connectivity index (χ1v) is 18.5. The fourth-order valence-electron chi connectivity index (χ4n) is 1.70. The minimum atomic E-state index is -1.20. The van der Waals surface area contributed by atoms with Crippen molar-refractivity contribution in [1.82, 2.24) is 0 Å². The van der Waals surface area contributed by atoms with E-state index in [1.165, 1.54) is 23.2 Å². The van der Waals surface area contributed by atoms with Crippen LogP contribution in [-0.4, -0.2) is 30.0 Å². The maximum Gasteiger partial charge on any atom is -0.0809 e. The summed E-state index contributed by atoms with van der Waals surface area (Å²) in [5.74, 6) is 0. The van der Waals surface area contributed by atoms with Crippen LogP contribution in [-0.2, 0) is 21.5 Å². The largest absolute Gasteiger partial charge is 0.168 e. The van der Waals surface area contributed by atoms with Crippen LogP contribution in [0.3, 0.4) is 0 Å². The number of nitrogens with one attached hydrogen (secondary N) is 1. The molecule has 0 fully saturated rings. The molecule has 154 valence electrons. The van der Waals surface area contributed by atoms with Crippen molar-refractivity contribution in [2.75, 3.05) is 6.61 Å². The summed E-state index contributed by atoms with van der Waals surface area (Å²) < 4.78 is 5.67. The third-order valence-corrected chi connectivity index (χ3v) is 4.58. The van der Waals surface area contributed by atoms with Gasteiger partial charge in [0.2, 0.25) is 0 Å². The molecular formula is C20H35Cl2NOSi2Ti-2. The first kappa shape index (κ1) is 29.7. The van der Waals surface area contributed by atoms with E-state index in [4.69, 9.17) is 28.8 Å². The van der Waals surface area contributed by atoms with Crippen molar-refractivity contribution in [3.8, 4) is 0 Å². The van der Waals surface area contributed by atoms with Crippen molar-refractivity contribution in [2.24, 2.45) is 0 Å². The van der Waals surface area contributed by atoms with E-state index in [1.54, 1.807) is 0 Å². The van der Waals surface area contributed by atoms with Crippen LogP contribution < -0.4 is 0 Å². The van der Waals surface area contributed by atoms with E-state index in [0.717, 1.165) is 16.1 Å². The number of hydrogen-bond donors (Lipinski definition) is 0. The van der Waals surface area contributed by atoms with Crippen molar-refractivity contribution >= 4 is 47.2 Å². The summed E-state index contributed by atoms with van der Waals surface area (Å²) in [5.41, 5.74) is 6.69. The minimum Gasteiger partial charge on any atom is -0.168 e. The zero-order chi connectivity index (χ0) is 21.3. The van der Waals surface area contributed by atoms with Crippen LogP contribution in [0.2, 0.25) is 32.2 Å². The molecule has 2 aromatic carbocycles. The molecule has 0 aliphatic carbocycles. The van der Waals surface area contributed by atoms with Gasteiger partial charge in [0.05, 0.1) is 0 Å². The Kier molecular flexibility index (Phi) is 19.1. The first-order valence-electron chi connectivity index (χ1n) is 9.05. The second kappa shape index (κ2) is 17.3. The summed E-state index contributed by atoms with van der Waals surface area (Å²) in [6.07, 6.45) is 1.25. The summed E-state index contributed by atoms with van der Waals surface area (Å²) >= 11 is -0.556. The molecular weight excluding hydrogens is 445 g/mol. The molecule has 7 heteroatoms. The van der Waals surface area contributed by atoms with Crippen LogP contribution in [0.4, 0.5) is 0 Å². The van der Waals surface area contributed by atoms with Crippen LogP contribution in [0, 0.1) is 0 Å². The van der Waals surface area contributed by atoms with E-state index in [-0.39, 0.29) is 5.54 Å². The molecule has 2 aromatic rings. The van der Waals surface area contributed by atoms with Gasteiger partial charge in [0.1, 0.15) is 0 Å². The molecule has 0 bridgehead atoms. The van der Waals surface area contributed by atoms with Crippen molar-refractivity contribution in [3.05, 3.63) is 48.2 Å². The molecule has 0 aliphatic heterocycles. The van der Waals surface area contributed by atoms with E-state index in [1.807, 2.05) is 20.8 Å². The van der Waals surface area contributed by atoms with Gasteiger partial charge in [0, 0.05) is 16.1 Å². The third-order valence-electron chi connectivity index (χ3n) is 2.65. The Balaban J connectivity index is 0. The Morgan fingerprint density at radius 1 is 1.15 bits per heavy atom. The fraction of sp³-hybridized carbons (Fsp3) is 0.550. The Hall–Kier alpha value is 0.478. The topological polar surface area (TPSA) is 33.0 Å².